The molecule has 1 atom stereocenters. The molecular weight excluding hydrogens is 304 g/mol. The molecular formula is C18H24N4O2. The standard InChI is InChI=1S/C18H24N4O2/c1-12(20-16-10-19-22(11-16)18(3,4)5)17(24)21-15-8-6-7-14(9-15)13(2)23/h6-12,20H,1-5H3,(H,21,24). The fourth-order valence-electron chi connectivity index (χ4n) is 2.15. The summed E-state index contributed by atoms with van der Waals surface area (Å²) in [6, 6.07) is 6.46. The van der Waals surface area contributed by atoms with Crippen LogP contribution < -0.4 is 10.6 Å². The minimum absolute atomic E-state index is 0.0353. The lowest BCUT2D eigenvalue weighted by Gasteiger charge is -2.19. The lowest BCUT2D eigenvalue weighted by Crippen LogP contribution is -2.31. The molecule has 1 aromatic heterocycles. The Morgan fingerprint density at radius 1 is 1.21 bits per heavy atom. The van der Waals surface area contributed by atoms with Gasteiger partial charge in [-0.3, -0.25) is 14.3 Å². The summed E-state index contributed by atoms with van der Waals surface area (Å²) < 4.78 is 1.84. The molecule has 0 bridgehead atoms. The highest BCUT2D eigenvalue weighted by Gasteiger charge is 2.17. The number of carbonyl (C=O) groups is 2. The van der Waals surface area contributed by atoms with Gasteiger partial charge in [-0.05, 0) is 46.8 Å². The van der Waals surface area contributed by atoms with E-state index in [2.05, 4.69) is 36.5 Å². The quantitative estimate of drug-likeness (QED) is 0.826. The van der Waals surface area contributed by atoms with Gasteiger partial charge in [0.15, 0.2) is 5.78 Å². The van der Waals surface area contributed by atoms with E-state index in [-0.39, 0.29) is 17.2 Å². The maximum atomic E-state index is 12.3. The van der Waals surface area contributed by atoms with E-state index in [4.69, 9.17) is 0 Å². The predicted molar refractivity (Wildman–Crippen MR) is 95.4 cm³/mol. The van der Waals surface area contributed by atoms with Gasteiger partial charge in [0.05, 0.1) is 17.4 Å². The SMILES string of the molecule is CC(=O)c1cccc(NC(=O)C(C)Nc2cnn(C(C)(C)C)c2)c1. The minimum atomic E-state index is -0.441. The molecule has 6 heteroatoms. The number of aromatic nitrogens is 2. The van der Waals surface area contributed by atoms with Gasteiger partial charge < -0.3 is 10.6 Å². The molecule has 2 N–H and O–H groups in total. The Kier molecular flexibility index (Phi) is 5.07. The summed E-state index contributed by atoms with van der Waals surface area (Å²) in [5.74, 6) is -0.217. The Bertz CT molecular complexity index is 743. The lowest BCUT2D eigenvalue weighted by molar-refractivity contribution is -0.116. The first kappa shape index (κ1) is 17.7. The highest BCUT2D eigenvalue weighted by Crippen LogP contribution is 2.17. The van der Waals surface area contributed by atoms with Crippen LogP contribution in [-0.2, 0) is 10.3 Å². The van der Waals surface area contributed by atoms with Crippen molar-refractivity contribution in [2.24, 2.45) is 0 Å². The Hall–Kier alpha value is -2.63. The molecule has 0 aliphatic carbocycles. The number of benzene rings is 1. The van der Waals surface area contributed by atoms with E-state index < -0.39 is 6.04 Å². The maximum absolute atomic E-state index is 12.3. The highest BCUT2D eigenvalue weighted by atomic mass is 16.2. The van der Waals surface area contributed by atoms with Crippen molar-refractivity contribution in [2.45, 2.75) is 46.2 Å². The van der Waals surface area contributed by atoms with Gasteiger partial charge in [0, 0.05) is 17.4 Å². The largest absolute Gasteiger partial charge is 0.371 e. The van der Waals surface area contributed by atoms with E-state index in [0.29, 0.717) is 11.3 Å². The number of nitrogens with zero attached hydrogens (tertiary/aromatic N) is 2. The molecule has 1 amide bonds. The third-order valence-corrected chi connectivity index (χ3v) is 3.58. The average Bonchev–Trinajstić information content (AvgIpc) is 2.96. The molecule has 24 heavy (non-hydrogen) atoms. The van der Waals surface area contributed by atoms with Crippen molar-refractivity contribution >= 4 is 23.1 Å². The monoisotopic (exact) mass is 328 g/mol. The molecule has 1 aromatic carbocycles. The zero-order valence-electron chi connectivity index (χ0n) is 14.8. The number of hydrogen-bond donors (Lipinski definition) is 2. The number of amides is 1. The molecule has 2 rings (SSSR count). The number of carbonyl (C=O) groups excluding carboxylic acids is 2. The van der Waals surface area contributed by atoms with Gasteiger partial charge in [-0.25, -0.2) is 0 Å². The summed E-state index contributed by atoms with van der Waals surface area (Å²) in [6.45, 7) is 9.45. The molecule has 0 saturated heterocycles. The van der Waals surface area contributed by atoms with E-state index in [1.807, 2.05) is 10.9 Å². The van der Waals surface area contributed by atoms with Crippen LogP contribution in [0, 0.1) is 0 Å². The van der Waals surface area contributed by atoms with Crippen LogP contribution in [0.5, 0.6) is 0 Å². The van der Waals surface area contributed by atoms with Crippen LogP contribution in [-0.4, -0.2) is 27.5 Å². The van der Waals surface area contributed by atoms with Gasteiger partial charge in [0.1, 0.15) is 6.04 Å². The second-order valence-corrected chi connectivity index (χ2v) is 6.84. The molecule has 0 saturated carbocycles. The molecule has 1 heterocycles. The molecule has 0 spiro atoms. The summed E-state index contributed by atoms with van der Waals surface area (Å²) in [5, 5.41) is 10.2. The third kappa shape index (κ3) is 4.44. The van der Waals surface area contributed by atoms with E-state index in [9.17, 15) is 9.59 Å². The van der Waals surface area contributed by atoms with Crippen molar-refractivity contribution in [3.63, 3.8) is 0 Å². The molecule has 0 fully saturated rings. The second-order valence-electron chi connectivity index (χ2n) is 6.84. The zero-order valence-corrected chi connectivity index (χ0v) is 14.8. The van der Waals surface area contributed by atoms with E-state index in [1.165, 1.54) is 6.92 Å². The molecule has 6 nitrogen and oxygen atoms in total. The maximum Gasteiger partial charge on any atom is 0.246 e. The van der Waals surface area contributed by atoms with Gasteiger partial charge in [0.2, 0.25) is 5.91 Å². The van der Waals surface area contributed by atoms with Gasteiger partial charge in [-0.2, -0.15) is 5.10 Å². The minimum Gasteiger partial charge on any atom is -0.371 e. The zero-order chi connectivity index (χ0) is 17.9. The smallest absolute Gasteiger partial charge is 0.246 e. The summed E-state index contributed by atoms with van der Waals surface area (Å²) in [7, 11) is 0. The van der Waals surface area contributed by atoms with Crippen LogP contribution in [0.15, 0.2) is 36.7 Å². The van der Waals surface area contributed by atoms with Crippen LogP contribution in [0.2, 0.25) is 0 Å². The van der Waals surface area contributed by atoms with E-state index >= 15 is 0 Å². The first-order chi connectivity index (χ1) is 11.2. The van der Waals surface area contributed by atoms with Gasteiger partial charge in [-0.1, -0.05) is 12.1 Å². The first-order valence-electron chi connectivity index (χ1n) is 7.90. The fourth-order valence-corrected chi connectivity index (χ4v) is 2.15. The van der Waals surface area contributed by atoms with Crippen molar-refractivity contribution < 1.29 is 9.59 Å². The summed E-state index contributed by atoms with van der Waals surface area (Å²) in [5.41, 5.74) is 1.84. The number of nitrogens with one attached hydrogen (secondary N) is 2. The molecule has 0 radical (unpaired) electrons. The van der Waals surface area contributed by atoms with Crippen LogP contribution in [0.25, 0.3) is 0 Å². The molecule has 2 aromatic rings. The summed E-state index contributed by atoms with van der Waals surface area (Å²) >= 11 is 0. The Balaban J connectivity index is 2.01. The van der Waals surface area contributed by atoms with Crippen LogP contribution in [0.1, 0.15) is 45.0 Å². The second kappa shape index (κ2) is 6.86. The Morgan fingerprint density at radius 3 is 2.50 bits per heavy atom. The Morgan fingerprint density at radius 2 is 1.92 bits per heavy atom. The fraction of sp³-hybridized carbons (Fsp3) is 0.389. The van der Waals surface area contributed by atoms with Crippen LogP contribution in [0.4, 0.5) is 11.4 Å². The normalized spacial score (nSPS) is 12.5. The molecule has 0 aliphatic rings. The summed E-state index contributed by atoms with van der Waals surface area (Å²) in [6.07, 6.45) is 3.57. The topological polar surface area (TPSA) is 76.0 Å². The van der Waals surface area contributed by atoms with Crippen molar-refractivity contribution in [3.8, 4) is 0 Å². The summed E-state index contributed by atoms with van der Waals surface area (Å²) in [4.78, 5) is 23.7. The number of ketones is 1. The molecule has 0 aliphatic heterocycles. The predicted octanol–water partition coefficient (Wildman–Crippen LogP) is 3.28. The van der Waals surface area contributed by atoms with Crippen molar-refractivity contribution in [1.29, 1.82) is 0 Å². The lowest BCUT2D eigenvalue weighted by atomic mass is 10.1. The number of Topliss-reactive ketones (excluding diaryl/α,β-unsaturated/α-hetero) is 1. The van der Waals surface area contributed by atoms with Crippen LogP contribution >= 0.6 is 0 Å². The number of anilines is 2. The van der Waals surface area contributed by atoms with E-state index in [0.717, 1.165) is 5.69 Å². The first-order valence-corrected chi connectivity index (χ1v) is 7.90. The average molecular weight is 328 g/mol. The molecule has 1 unspecified atom stereocenters. The van der Waals surface area contributed by atoms with Gasteiger partial charge in [0.25, 0.3) is 0 Å². The van der Waals surface area contributed by atoms with Crippen LogP contribution in [0.3, 0.4) is 0 Å². The number of hydrogen-bond acceptors (Lipinski definition) is 4. The van der Waals surface area contributed by atoms with Crippen molar-refractivity contribution in [2.75, 3.05) is 10.6 Å². The highest BCUT2D eigenvalue weighted by molar-refractivity contribution is 5.99. The van der Waals surface area contributed by atoms with Crippen molar-refractivity contribution in [3.05, 3.63) is 42.2 Å². The Labute approximate surface area is 142 Å². The van der Waals surface area contributed by atoms with Crippen molar-refractivity contribution in [1.82, 2.24) is 9.78 Å². The number of rotatable bonds is 5. The van der Waals surface area contributed by atoms with E-state index in [1.54, 1.807) is 37.4 Å². The van der Waals surface area contributed by atoms with Gasteiger partial charge >= 0.3 is 0 Å². The third-order valence-electron chi connectivity index (χ3n) is 3.58. The van der Waals surface area contributed by atoms with Gasteiger partial charge in [-0.15, -0.1) is 0 Å². The molecule has 128 valence electrons.